The number of phenolic OH excluding ortho intramolecular Hbond substituents is 1. The molecule has 4 unspecified atom stereocenters. The largest absolute Gasteiger partial charge is 0.508 e. The van der Waals surface area contributed by atoms with Crippen molar-refractivity contribution in [1.82, 2.24) is 4.90 Å². The van der Waals surface area contributed by atoms with Gasteiger partial charge in [-0.3, -0.25) is 30.3 Å². The third-order valence-corrected chi connectivity index (χ3v) is 6.88. The first-order valence-corrected chi connectivity index (χ1v) is 10.1. The minimum atomic E-state index is -2.81. The van der Waals surface area contributed by atoms with Gasteiger partial charge in [0.15, 0.2) is 22.7 Å². The number of nitro benzene ring substituents is 1. The second kappa shape index (κ2) is 7.41. The van der Waals surface area contributed by atoms with E-state index in [4.69, 9.17) is 0 Å². The van der Waals surface area contributed by atoms with Gasteiger partial charge in [0, 0.05) is 17.1 Å². The van der Waals surface area contributed by atoms with E-state index in [1.807, 2.05) is 0 Å². The smallest absolute Gasteiger partial charge is 0.348 e. The van der Waals surface area contributed by atoms with Gasteiger partial charge in [-0.15, -0.1) is 0 Å². The Balaban J connectivity index is 2.01. The van der Waals surface area contributed by atoms with Gasteiger partial charge in [0.1, 0.15) is 11.6 Å². The summed E-state index contributed by atoms with van der Waals surface area (Å²) in [5.41, 5.74) is -3.04. The van der Waals surface area contributed by atoms with Crippen molar-refractivity contribution < 1.29 is 49.9 Å². The molecule has 0 bridgehead atoms. The quantitative estimate of drug-likeness (QED) is 0.210. The van der Waals surface area contributed by atoms with E-state index in [1.54, 1.807) is 0 Å². The Kier molecular flexibility index (Phi) is 5.12. The average Bonchev–Trinajstić information content (AvgIpc) is 2.72. The van der Waals surface area contributed by atoms with Crippen molar-refractivity contribution in [3.63, 3.8) is 0 Å². The van der Waals surface area contributed by atoms with Crippen LogP contribution in [0.5, 0.6) is 5.75 Å². The molecule has 13 heteroatoms. The molecule has 1 saturated carbocycles. The van der Waals surface area contributed by atoms with Gasteiger partial charge in [-0.2, -0.15) is 0 Å². The molecule has 4 rings (SSSR count). The monoisotopic (exact) mass is 478 g/mol. The SMILES string of the molecule is CN(C)C1C(=O)C(C([NH3+])=O)=C(O)C2(O)C(=O)C3=C(O)c4c(O)c([N+](=O)[O-])cc(F)c4CC3CC12. The Labute approximate surface area is 190 Å². The standard InChI is InChI=1S/C21H20FN3O9/c1-24(2)14-8-4-6-3-7-9(22)5-10(25(33)34)15(26)12(7)16(27)11(6)18(29)21(8,32)19(30)13(17(14)28)20(23)31/h5-6,8,14,26-27,30,32H,3-4H2,1-2H3,(H2,23,31)/p+1. The van der Waals surface area contributed by atoms with Crippen LogP contribution < -0.4 is 5.73 Å². The van der Waals surface area contributed by atoms with Crippen LogP contribution in [0.15, 0.2) is 23.0 Å². The van der Waals surface area contributed by atoms with E-state index in [-0.39, 0.29) is 18.4 Å². The third-order valence-electron chi connectivity index (χ3n) is 6.88. The Morgan fingerprint density at radius 3 is 2.44 bits per heavy atom. The van der Waals surface area contributed by atoms with E-state index in [2.05, 4.69) is 5.73 Å². The summed E-state index contributed by atoms with van der Waals surface area (Å²) in [7, 11) is 2.94. The van der Waals surface area contributed by atoms with E-state index in [0.717, 1.165) is 0 Å². The number of aliphatic hydroxyl groups excluding tert-OH is 2. The zero-order valence-electron chi connectivity index (χ0n) is 18.0. The number of aromatic hydroxyl groups is 1. The highest BCUT2D eigenvalue weighted by Crippen LogP contribution is 2.53. The van der Waals surface area contributed by atoms with E-state index in [1.165, 1.54) is 19.0 Å². The number of quaternary nitrogens is 1. The predicted molar refractivity (Wildman–Crippen MR) is 110 cm³/mol. The van der Waals surface area contributed by atoms with Crippen LogP contribution in [-0.2, 0) is 20.8 Å². The predicted octanol–water partition coefficient (Wildman–Crippen LogP) is -0.705. The molecule has 0 aliphatic heterocycles. The zero-order chi connectivity index (χ0) is 25.4. The number of phenols is 1. The Morgan fingerprint density at radius 2 is 1.91 bits per heavy atom. The number of Topliss-reactive ketones (excluding diaryl/α,β-unsaturated/α-hetero) is 2. The lowest BCUT2D eigenvalue weighted by molar-refractivity contribution is -0.386. The number of fused-ring (bicyclic) bond motifs is 3. The van der Waals surface area contributed by atoms with E-state index in [9.17, 15) is 49.3 Å². The topological polar surface area (TPSA) is 206 Å². The highest BCUT2D eigenvalue weighted by atomic mass is 19.1. The molecule has 1 fully saturated rings. The van der Waals surface area contributed by atoms with Gasteiger partial charge in [-0.05, 0) is 32.9 Å². The fourth-order valence-corrected chi connectivity index (χ4v) is 5.42. The summed E-state index contributed by atoms with van der Waals surface area (Å²) in [6, 6.07) is -0.730. The van der Waals surface area contributed by atoms with Crippen LogP contribution in [0.1, 0.15) is 17.5 Å². The number of carbonyl (C=O) groups is 3. The number of hydrogen-bond acceptors (Lipinski definition) is 10. The first-order chi connectivity index (χ1) is 15.7. The maximum Gasteiger partial charge on any atom is 0.348 e. The van der Waals surface area contributed by atoms with Gasteiger partial charge in [0.25, 0.3) is 0 Å². The zero-order valence-corrected chi connectivity index (χ0v) is 18.0. The van der Waals surface area contributed by atoms with Crippen LogP contribution in [0.3, 0.4) is 0 Å². The van der Waals surface area contributed by atoms with Gasteiger partial charge in [0.05, 0.1) is 22.6 Å². The molecule has 1 aromatic carbocycles. The molecule has 3 aliphatic carbocycles. The number of halogens is 1. The molecule has 12 nitrogen and oxygen atoms in total. The van der Waals surface area contributed by atoms with Crippen molar-refractivity contribution in [2.24, 2.45) is 11.8 Å². The number of ketones is 2. The molecule has 0 saturated heterocycles. The maximum absolute atomic E-state index is 14.7. The molecule has 180 valence electrons. The molecular weight excluding hydrogens is 457 g/mol. The van der Waals surface area contributed by atoms with Gasteiger partial charge in [0.2, 0.25) is 11.5 Å². The van der Waals surface area contributed by atoms with E-state index < -0.39 is 91.4 Å². The molecule has 0 aromatic heterocycles. The summed E-state index contributed by atoms with van der Waals surface area (Å²) < 4.78 is 14.7. The van der Waals surface area contributed by atoms with Crippen LogP contribution in [0.4, 0.5) is 10.1 Å². The van der Waals surface area contributed by atoms with Crippen molar-refractivity contribution in [3.8, 4) is 5.75 Å². The number of rotatable bonds is 3. The number of nitro groups is 1. The molecule has 0 spiro atoms. The fraction of sp³-hybridized carbons (Fsp3) is 0.381. The highest BCUT2D eigenvalue weighted by Gasteiger charge is 2.64. The van der Waals surface area contributed by atoms with Crippen LogP contribution >= 0.6 is 0 Å². The van der Waals surface area contributed by atoms with Crippen LogP contribution in [0, 0.1) is 27.8 Å². The lowest BCUT2D eigenvalue weighted by Gasteiger charge is -2.50. The van der Waals surface area contributed by atoms with Gasteiger partial charge < -0.3 is 20.4 Å². The van der Waals surface area contributed by atoms with Gasteiger partial charge >= 0.3 is 11.6 Å². The number of carbonyl (C=O) groups excluding carboxylic acids is 3. The van der Waals surface area contributed by atoms with E-state index in [0.29, 0.717) is 6.07 Å². The number of amides is 1. The van der Waals surface area contributed by atoms with Crippen molar-refractivity contribution in [2.45, 2.75) is 24.5 Å². The molecular formula is C21H21FN3O9+. The first-order valence-electron chi connectivity index (χ1n) is 10.1. The number of likely N-dealkylation sites (N-methyl/N-ethyl adjacent to an activating group) is 1. The second-order valence-corrected chi connectivity index (χ2v) is 8.86. The fourth-order valence-electron chi connectivity index (χ4n) is 5.42. The normalized spacial score (nSPS) is 28.6. The molecule has 34 heavy (non-hydrogen) atoms. The lowest BCUT2D eigenvalue weighted by Crippen LogP contribution is -2.68. The third kappa shape index (κ3) is 2.84. The van der Waals surface area contributed by atoms with Crippen molar-refractivity contribution >= 4 is 28.9 Å². The molecule has 4 atom stereocenters. The Hall–Kier alpha value is -3.68. The molecule has 7 N–H and O–H groups in total. The Bertz CT molecular complexity index is 1270. The van der Waals surface area contributed by atoms with Gasteiger partial charge in [-0.1, -0.05) is 0 Å². The Morgan fingerprint density at radius 1 is 1.29 bits per heavy atom. The molecule has 0 heterocycles. The van der Waals surface area contributed by atoms with Crippen LogP contribution in [0.2, 0.25) is 0 Å². The minimum absolute atomic E-state index is 0.199. The van der Waals surface area contributed by atoms with Crippen molar-refractivity contribution in [3.05, 3.63) is 50.0 Å². The second-order valence-electron chi connectivity index (χ2n) is 8.86. The highest BCUT2D eigenvalue weighted by molar-refractivity contribution is 6.22. The number of nitrogens with zero attached hydrogens (tertiary/aromatic N) is 2. The lowest BCUT2D eigenvalue weighted by atomic mass is 9.57. The molecule has 1 amide bonds. The molecule has 0 radical (unpaired) electrons. The maximum atomic E-state index is 14.7. The van der Waals surface area contributed by atoms with Crippen molar-refractivity contribution in [1.29, 1.82) is 0 Å². The summed E-state index contributed by atoms with van der Waals surface area (Å²) in [6.45, 7) is 0. The van der Waals surface area contributed by atoms with Crippen LogP contribution in [-0.4, -0.2) is 73.5 Å². The number of hydrogen-bond donors (Lipinski definition) is 5. The number of benzene rings is 1. The van der Waals surface area contributed by atoms with Crippen LogP contribution in [0.25, 0.3) is 5.76 Å². The minimum Gasteiger partial charge on any atom is -0.508 e. The average molecular weight is 478 g/mol. The van der Waals surface area contributed by atoms with Gasteiger partial charge in [-0.25, -0.2) is 9.18 Å². The summed E-state index contributed by atoms with van der Waals surface area (Å²) in [5, 5.41) is 54.6. The molecule has 3 aliphatic rings. The number of aliphatic hydroxyl groups is 3. The summed E-state index contributed by atoms with van der Waals surface area (Å²) in [5.74, 6) is -9.82. The van der Waals surface area contributed by atoms with Crippen molar-refractivity contribution in [2.75, 3.05) is 14.1 Å². The first kappa shape index (κ1) is 23.5. The molecule has 1 aromatic rings. The van der Waals surface area contributed by atoms with E-state index >= 15 is 0 Å². The summed E-state index contributed by atoms with van der Waals surface area (Å²) in [4.78, 5) is 50.1. The summed E-state index contributed by atoms with van der Waals surface area (Å²) >= 11 is 0. The summed E-state index contributed by atoms with van der Waals surface area (Å²) in [6.07, 6.45) is -0.486.